The first-order chi connectivity index (χ1) is 15.8. The Morgan fingerprint density at radius 1 is 1.18 bits per heavy atom. The molecule has 0 aliphatic carbocycles. The molecule has 0 unspecified atom stereocenters. The Bertz CT molecular complexity index is 1240. The van der Waals surface area contributed by atoms with E-state index in [1.54, 1.807) is 12.1 Å². The number of nitrogens with zero attached hydrogens (tertiary/aromatic N) is 2. The highest BCUT2D eigenvalue weighted by molar-refractivity contribution is 7.87. The van der Waals surface area contributed by atoms with Crippen LogP contribution in [-0.4, -0.2) is 63.6 Å². The lowest BCUT2D eigenvalue weighted by molar-refractivity contribution is 0.233. The Labute approximate surface area is 205 Å². The summed E-state index contributed by atoms with van der Waals surface area (Å²) in [5, 5.41) is 9.14. The monoisotopic (exact) mass is 529 g/mol. The number of nitrogens with one attached hydrogen (secondary N) is 3. The summed E-state index contributed by atoms with van der Waals surface area (Å²) < 4.78 is 31.2. The Kier molecular flexibility index (Phi) is 7.57. The van der Waals surface area contributed by atoms with Gasteiger partial charge in [0.05, 0.1) is 20.3 Å². The highest BCUT2D eigenvalue weighted by Gasteiger charge is 2.24. The van der Waals surface area contributed by atoms with Crippen molar-refractivity contribution in [1.29, 1.82) is 0 Å². The molecule has 0 radical (unpaired) electrons. The number of halogens is 2. The third kappa shape index (κ3) is 6.05. The molecular formula is C20H21Cl2N5O4S2. The number of urea groups is 1. The van der Waals surface area contributed by atoms with Gasteiger partial charge in [0.2, 0.25) is 0 Å². The Hall–Kier alpha value is -2.15. The molecule has 4 rings (SSSR count). The quantitative estimate of drug-likeness (QED) is 0.402. The predicted molar refractivity (Wildman–Crippen MR) is 130 cm³/mol. The van der Waals surface area contributed by atoms with Gasteiger partial charge in [-0.1, -0.05) is 40.6 Å². The van der Waals surface area contributed by atoms with Gasteiger partial charge in [-0.05, 0) is 24.3 Å². The molecule has 1 aliphatic heterocycles. The molecule has 1 aliphatic rings. The lowest BCUT2D eigenvalue weighted by Gasteiger charge is -2.27. The van der Waals surface area contributed by atoms with E-state index in [9.17, 15) is 13.2 Å². The molecule has 3 aromatic rings. The van der Waals surface area contributed by atoms with Gasteiger partial charge in [-0.2, -0.15) is 8.42 Å². The second-order valence-electron chi connectivity index (χ2n) is 7.21. The molecule has 1 saturated heterocycles. The summed E-state index contributed by atoms with van der Waals surface area (Å²) in [5.41, 5.74) is 0.594. The summed E-state index contributed by atoms with van der Waals surface area (Å²) in [6.07, 6.45) is 0. The van der Waals surface area contributed by atoms with E-state index in [2.05, 4.69) is 25.8 Å². The van der Waals surface area contributed by atoms with Crippen LogP contribution in [0, 0.1) is 0 Å². The number of benzene rings is 2. The molecule has 2 amide bonds. The van der Waals surface area contributed by atoms with Crippen LogP contribution in [0.2, 0.25) is 10.0 Å². The molecule has 0 spiro atoms. The van der Waals surface area contributed by atoms with Crippen LogP contribution < -0.4 is 20.1 Å². The molecular weight excluding hydrogens is 509 g/mol. The topological polar surface area (TPSA) is 113 Å². The maximum Gasteiger partial charge on any atom is 0.342 e. The predicted octanol–water partition coefficient (Wildman–Crippen LogP) is 3.40. The van der Waals surface area contributed by atoms with E-state index in [4.69, 9.17) is 27.4 Å². The van der Waals surface area contributed by atoms with E-state index < -0.39 is 10.1 Å². The van der Waals surface area contributed by atoms with Gasteiger partial charge in [0.1, 0.15) is 10.6 Å². The van der Waals surface area contributed by atoms with Gasteiger partial charge in [-0.25, -0.2) is 9.78 Å². The maximum absolute atomic E-state index is 12.7. The summed E-state index contributed by atoms with van der Waals surface area (Å²) in [7, 11) is -4.24. The van der Waals surface area contributed by atoms with Crippen LogP contribution in [0.3, 0.4) is 0 Å². The zero-order chi connectivity index (χ0) is 23.4. The molecule has 176 valence electrons. The van der Waals surface area contributed by atoms with Crippen molar-refractivity contribution in [2.45, 2.75) is 4.90 Å². The highest BCUT2D eigenvalue weighted by Crippen LogP contribution is 2.33. The van der Waals surface area contributed by atoms with Crippen molar-refractivity contribution in [2.24, 2.45) is 0 Å². The minimum Gasteiger partial charge on any atom is -0.379 e. The number of carbonyl (C=O) groups excluding carboxylic acids is 1. The molecule has 9 nitrogen and oxygen atoms in total. The van der Waals surface area contributed by atoms with Gasteiger partial charge in [-0.3, -0.25) is 10.2 Å². The van der Waals surface area contributed by atoms with Crippen molar-refractivity contribution < 1.29 is 17.4 Å². The van der Waals surface area contributed by atoms with Crippen molar-refractivity contribution in [2.75, 3.05) is 44.6 Å². The fraction of sp³-hybridized carbons (Fsp3) is 0.300. The first-order valence-corrected chi connectivity index (χ1v) is 13.1. The van der Waals surface area contributed by atoms with Gasteiger partial charge < -0.3 is 14.8 Å². The van der Waals surface area contributed by atoms with Crippen molar-refractivity contribution >= 4 is 66.0 Å². The molecule has 3 N–H and O–H groups in total. The number of hydrogen-bond donors (Lipinski definition) is 3. The lowest BCUT2D eigenvalue weighted by Crippen LogP contribution is -2.46. The lowest BCUT2D eigenvalue weighted by atomic mass is 10.3. The smallest absolute Gasteiger partial charge is 0.342 e. The second-order valence-corrected chi connectivity index (χ2v) is 10.5. The minimum atomic E-state index is -4.24. The van der Waals surface area contributed by atoms with Crippen LogP contribution in [0.25, 0.3) is 10.2 Å². The van der Waals surface area contributed by atoms with Gasteiger partial charge in [0.25, 0.3) is 0 Å². The third-order valence-corrected chi connectivity index (χ3v) is 8.02. The van der Waals surface area contributed by atoms with Gasteiger partial charge in [0, 0.05) is 45.3 Å². The molecule has 0 bridgehead atoms. The number of fused-ring (bicyclic) bond motifs is 1. The first kappa shape index (κ1) is 24.0. The molecule has 0 atom stereocenters. The van der Waals surface area contributed by atoms with E-state index in [0.717, 1.165) is 32.7 Å². The number of anilines is 1. The normalized spacial score (nSPS) is 14.8. The number of piperazine rings is 1. The molecule has 1 fully saturated rings. The molecule has 1 aromatic heterocycles. The van der Waals surface area contributed by atoms with E-state index in [-0.39, 0.29) is 26.7 Å². The number of amides is 2. The molecule has 2 heterocycles. The number of hydrogen-bond acceptors (Lipinski definition) is 8. The average Bonchev–Trinajstić information content (AvgIpc) is 3.15. The van der Waals surface area contributed by atoms with Crippen molar-refractivity contribution in [3.63, 3.8) is 0 Å². The molecule has 0 saturated carbocycles. The SMILES string of the molecule is O=C(NCCN1CCNCC1)Nc1nc2ccc(OS(=O)(=O)c3c(Cl)cccc3Cl)cc2s1. The van der Waals surface area contributed by atoms with Gasteiger partial charge in [-0.15, -0.1) is 0 Å². The standard InChI is InChI=1S/C20H21Cl2N5O4S2/c21-14-2-1-3-15(22)18(14)33(29,30)31-13-4-5-16-17(12-13)32-20(25-16)26-19(28)24-8-11-27-9-6-23-7-10-27/h1-5,12,23H,6-11H2,(H2,24,25,26,28). The largest absolute Gasteiger partial charge is 0.379 e. The van der Waals surface area contributed by atoms with Crippen molar-refractivity contribution in [1.82, 2.24) is 20.5 Å². The van der Waals surface area contributed by atoms with Crippen LogP contribution in [0.1, 0.15) is 0 Å². The fourth-order valence-electron chi connectivity index (χ4n) is 3.30. The molecule has 33 heavy (non-hydrogen) atoms. The number of rotatable bonds is 7. The van der Waals surface area contributed by atoms with Crippen LogP contribution in [0.4, 0.5) is 9.93 Å². The van der Waals surface area contributed by atoms with Crippen molar-refractivity contribution in [3.05, 3.63) is 46.4 Å². The number of carbonyl (C=O) groups is 1. The van der Waals surface area contributed by atoms with Crippen LogP contribution in [0.5, 0.6) is 5.75 Å². The Morgan fingerprint density at radius 2 is 1.91 bits per heavy atom. The maximum atomic E-state index is 12.7. The Balaban J connectivity index is 1.39. The van der Waals surface area contributed by atoms with Gasteiger partial charge in [0.15, 0.2) is 5.13 Å². The first-order valence-electron chi connectivity index (χ1n) is 10.1. The van der Waals surface area contributed by atoms with Crippen molar-refractivity contribution in [3.8, 4) is 5.75 Å². The van der Waals surface area contributed by atoms with E-state index in [0.29, 0.717) is 21.9 Å². The van der Waals surface area contributed by atoms with E-state index >= 15 is 0 Å². The summed E-state index contributed by atoms with van der Waals surface area (Å²) in [6.45, 7) is 5.14. The summed E-state index contributed by atoms with van der Waals surface area (Å²) in [6, 6.07) is 8.65. The summed E-state index contributed by atoms with van der Waals surface area (Å²) in [5.74, 6) is 0.0779. The van der Waals surface area contributed by atoms with Gasteiger partial charge >= 0.3 is 16.1 Å². The zero-order valence-corrected chi connectivity index (χ0v) is 20.5. The summed E-state index contributed by atoms with van der Waals surface area (Å²) >= 11 is 13.2. The Morgan fingerprint density at radius 3 is 2.64 bits per heavy atom. The fourth-order valence-corrected chi connectivity index (χ4v) is 6.21. The second kappa shape index (κ2) is 10.4. The van der Waals surface area contributed by atoms with E-state index in [1.807, 2.05) is 0 Å². The van der Waals surface area contributed by atoms with Crippen LogP contribution in [-0.2, 0) is 10.1 Å². The summed E-state index contributed by atoms with van der Waals surface area (Å²) in [4.78, 5) is 18.5. The zero-order valence-electron chi connectivity index (χ0n) is 17.3. The number of aromatic nitrogens is 1. The van der Waals surface area contributed by atoms with Crippen LogP contribution in [0.15, 0.2) is 41.3 Å². The third-order valence-electron chi connectivity index (χ3n) is 4.88. The number of thiazole rings is 1. The highest BCUT2D eigenvalue weighted by atomic mass is 35.5. The van der Waals surface area contributed by atoms with Crippen LogP contribution >= 0.6 is 34.5 Å². The average molecular weight is 530 g/mol. The van der Waals surface area contributed by atoms with E-state index in [1.165, 1.54) is 35.6 Å². The molecule has 2 aromatic carbocycles. The minimum absolute atomic E-state index is 0.0316. The molecule has 13 heteroatoms.